The zero-order valence-corrected chi connectivity index (χ0v) is 15.2. The van der Waals surface area contributed by atoms with Crippen LogP contribution in [0.3, 0.4) is 0 Å². The molecule has 2 fully saturated rings. The molecule has 3 heterocycles. The van der Waals surface area contributed by atoms with Crippen LogP contribution in [0.15, 0.2) is 58.8 Å². The van der Waals surface area contributed by atoms with Gasteiger partial charge in [0, 0.05) is 24.6 Å². The predicted octanol–water partition coefficient (Wildman–Crippen LogP) is 4.41. The molecule has 0 N–H and O–H groups in total. The van der Waals surface area contributed by atoms with E-state index < -0.39 is 0 Å². The number of carbonyl (C=O) groups is 1. The van der Waals surface area contributed by atoms with Gasteiger partial charge in [0.1, 0.15) is 0 Å². The maximum atomic E-state index is 13.1. The molecule has 26 heavy (non-hydrogen) atoms. The molecule has 5 nitrogen and oxygen atoms in total. The van der Waals surface area contributed by atoms with Crippen LogP contribution in [0.5, 0.6) is 0 Å². The van der Waals surface area contributed by atoms with Crippen LogP contribution in [0.2, 0.25) is 0 Å². The van der Waals surface area contributed by atoms with Gasteiger partial charge in [0.15, 0.2) is 11.0 Å². The lowest BCUT2D eigenvalue weighted by atomic mass is 9.94. The third kappa shape index (κ3) is 3.70. The highest BCUT2D eigenvalue weighted by molar-refractivity contribution is 8.18. The standard InChI is InChI=1S/C20H20N4OS/c25-19-17(13-15-7-6-11-21-14-15)26-20(23-18-10-4-5-12-22-18)24(19)16-8-2-1-3-9-16/h4-7,10-14,16H,1-3,8-9H2/b17-13-,23-20+. The second-order valence-electron chi connectivity index (χ2n) is 6.45. The fraction of sp³-hybridized carbons (Fsp3) is 0.300. The van der Waals surface area contributed by atoms with Crippen molar-refractivity contribution in [3.63, 3.8) is 0 Å². The summed E-state index contributed by atoms with van der Waals surface area (Å²) in [7, 11) is 0. The van der Waals surface area contributed by atoms with Crippen LogP contribution in [0, 0.1) is 0 Å². The quantitative estimate of drug-likeness (QED) is 0.757. The van der Waals surface area contributed by atoms with Gasteiger partial charge in [0.25, 0.3) is 5.91 Å². The molecule has 0 atom stereocenters. The summed E-state index contributed by atoms with van der Waals surface area (Å²) in [6, 6.07) is 9.69. The third-order valence-corrected chi connectivity index (χ3v) is 5.60. The first-order valence-electron chi connectivity index (χ1n) is 8.94. The van der Waals surface area contributed by atoms with Crippen LogP contribution in [-0.4, -0.2) is 32.0 Å². The lowest BCUT2D eigenvalue weighted by Crippen LogP contribution is -2.40. The molecule has 0 bridgehead atoms. The highest BCUT2D eigenvalue weighted by Crippen LogP contribution is 2.38. The van der Waals surface area contributed by atoms with Crippen molar-refractivity contribution < 1.29 is 4.79 Å². The highest BCUT2D eigenvalue weighted by Gasteiger charge is 2.38. The Bertz CT molecular complexity index is 829. The molecule has 2 aromatic rings. The van der Waals surface area contributed by atoms with Crippen molar-refractivity contribution in [3.05, 3.63) is 59.4 Å². The monoisotopic (exact) mass is 364 g/mol. The topological polar surface area (TPSA) is 58.5 Å². The Morgan fingerprint density at radius 1 is 1.12 bits per heavy atom. The van der Waals surface area contributed by atoms with Crippen LogP contribution >= 0.6 is 11.8 Å². The molecule has 2 aliphatic rings. The lowest BCUT2D eigenvalue weighted by molar-refractivity contribution is -0.124. The number of nitrogens with zero attached hydrogens (tertiary/aromatic N) is 4. The fourth-order valence-electron chi connectivity index (χ4n) is 3.36. The molecule has 1 saturated carbocycles. The number of aromatic nitrogens is 2. The number of aliphatic imine (C=N–C) groups is 1. The molecule has 1 saturated heterocycles. The van der Waals surface area contributed by atoms with Crippen molar-refractivity contribution in [1.29, 1.82) is 0 Å². The van der Waals surface area contributed by atoms with Gasteiger partial charge in [-0.1, -0.05) is 31.4 Å². The molecule has 1 aliphatic heterocycles. The number of amidine groups is 1. The number of hydrogen-bond donors (Lipinski definition) is 0. The Balaban J connectivity index is 1.69. The summed E-state index contributed by atoms with van der Waals surface area (Å²) in [6.45, 7) is 0. The van der Waals surface area contributed by atoms with E-state index in [1.165, 1.54) is 18.2 Å². The Kier molecular flexibility index (Phi) is 5.11. The average Bonchev–Trinajstić information content (AvgIpc) is 2.99. The number of amides is 1. The lowest BCUT2D eigenvalue weighted by Gasteiger charge is -2.30. The zero-order chi connectivity index (χ0) is 17.8. The summed E-state index contributed by atoms with van der Waals surface area (Å²) >= 11 is 1.43. The molecular formula is C20H20N4OS. The smallest absolute Gasteiger partial charge is 0.267 e. The van der Waals surface area contributed by atoms with E-state index in [9.17, 15) is 4.79 Å². The van der Waals surface area contributed by atoms with Gasteiger partial charge in [-0.15, -0.1) is 0 Å². The molecule has 1 amide bonds. The van der Waals surface area contributed by atoms with Gasteiger partial charge >= 0.3 is 0 Å². The van der Waals surface area contributed by atoms with Gasteiger partial charge in [-0.2, -0.15) is 0 Å². The van der Waals surface area contributed by atoms with Crippen LogP contribution < -0.4 is 0 Å². The van der Waals surface area contributed by atoms with E-state index in [0.717, 1.165) is 36.4 Å². The Labute approximate surface area is 157 Å². The molecule has 0 unspecified atom stereocenters. The van der Waals surface area contributed by atoms with E-state index in [2.05, 4.69) is 15.0 Å². The Morgan fingerprint density at radius 2 is 2.00 bits per heavy atom. The Hall–Kier alpha value is -2.47. The second-order valence-corrected chi connectivity index (χ2v) is 7.46. The van der Waals surface area contributed by atoms with E-state index in [1.54, 1.807) is 18.6 Å². The summed E-state index contributed by atoms with van der Waals surface area (Å²) in [5.74, 6) is 0.673. The second kappa shape index (κ2) is 7.83. The fourth-order valence-corrected chi connectivity index (χ4v) is 4.40. The normalized spacial score (nSPS) is 21.7. The van der Waals surface area contributed by atoms with Crippen LogP contribution in [0.1, 0.15) is 37.7 Å². The maximum absolute atomic E-state index is 13.1. The number of pyridine rings is 2. The molecule has 0 radical (unpaired) electrons. The maximum Gasteiger partial charge on any atom is 0.267 e. The van der Waals surface area contributed by atoms with Gasteiger partial charge in [-0.3, -0.25) is 14.7 Å². The molecule has 6 heteroatoms. The molecule has 1 aliphatic carbocycles. The van der Waals surface area contributed by atoms with Gasteiger partial charge < -0.3 is 0 Å². The van der Waals surface area contributed by atoms with Gasteiger partial charge in [-0.25, -0.2) is 9.98 Å². The average molecular weight is 364 g/mol. The molecule has 4 rings (SSSR count). The minimum absolute atomic E-state index is 0.0421. The first-order chi connectivity index (χ1) is 12.8. The van der Waals surface area contributed by atoms with E-state index in [0.29, 0.717) is 10.7 Å². The number of hydrogen-bond acceptors (Lipinski definition) is 5. The zero-order valence-electron chi connectivity index (χ0n) is 14.4. The number of rotatable bonds is 3. The van der Waals surface area contributed by atoms with Crippen molar-refractivity contribution in [2.45, 2.75) is 38.1 Å². The van der Waals surface area contributed by atoms with Crippen molar-refractivity contribution in [3.8, 4) is 0 Å². The van der Waals surface area contributed by atoms with Crippen molar-refractivity contribution in [1.82, 2.24) is 14.9 Å². The van der Waals surface area contributed by atoms with E-state index in [1.807, 2.05) is 41.3 Å². The van der Waals surface area contributed by atoms with E-state index >= 15 is 0 Å². The first-order valence-corrected chi connectivity index (χ1v) is 9.76. The minimum Gasteiger partial charge on any atom is -0.283 e. The number of thioether (sulfide) groups is 1. The van der Waals surface area contributed by atoms with Gasteiger partial charge in [-0.05, 0) is 54.4 Å². The largest absolute Gasteiger partial charge is 0.283 e. The van der Waals surface area contributed by atoms with Crippen molar-refractivity contribution in [2.75, 3.05) is 0 Å². The SMILES string of the molecule is O=C1/C(=C/c2cccnc2)S/C(=N/c2ccccn2)N1C1CCCCC1. The predicted molar refractivity (Wildman–Crippen MR) is 105 cm³/mol. The Morgan fingerprint density at radius 3 is 2.73 bits per heavy atom. The first kappa shape index (κ1) is 17.0. The van der Waals surface area contributed by atoms with Crippen molar-refractivity contribution >= 4 is 34.7 Å². The summed E-state index contributed by atoms with van der Waals surface area (Å²) in [5.41, 5.74) is 0.922. The highest BCUT2D eigenvalue weighted by atomic mass is 32.2. The summed E-state index contributed by atoms with van der Waals surface area (Å²) in [5, 5.41) is 0.732. The van der Waals surface area contributed by atoms with Crippen LogP contribution in [0.25, 0.3) is 6.08 Å². The number of carbonyl (C=O) groups excluding carboxylic acids is 1. The molecule has 0 aromatic carbocycles. The van der Waals surface area contributed by atoms with E-state index in [-0.39, 0.29) is 11.9 Å². The molecule has 2 aromatic heterocycles. The summed E-state index contributed by atoms with van der Waals surface area (Å²) < 4.78 is 0. The molecule has 0 spiro atoms. The molecule has 132 valence electrons. The van der Waals surface area contributed by atoms with Crippen LogP contribution in [0.4, 0.5) is 5.82 Å². The third-order valence-electron chi connectivity index (χ3n) is 4.62. The van der Waals surface area contributed by atoms with E-state index in [4.69, 9.17) is 0 Å². The van der Waals surface area contributed by atoms with Crippen molar-refractivity contribution in [2.24, 2.45) is 4.99 Å². The summed E-state index contributed by atoms with van der Waals surface area (Å²) in [6.07, 6.45) is 12.8. The van der Waals surface area contributed by atoms with Gasteiger partial charge in [0.2, 0.25) is 0 Å². The summed E-state index contributed by atoms with van der Waals surface area (Å²) in [4.78, 5) is 28.8. The van der Waals surface area contributed by atoms with Crippen LogP contribution in [-0.2, 0) is 4.79 Å². The molecular weight excluding hydrogens is 344 g/mol. The minimum atomic E-state index is 0.0421. The van der Waals surface area contributed by atoms with Gasteiger partial charge in [0.05, 0.1) is 4.91 Å².